The summed E-state index contributed by atoms with van der Waals surface area (Å²) in [5, 5.41) is 0. The summed E-state index contributed by atoms with van der Waals surface area (Å²) >= 11 is 0. The fourth-order valence-electron chi connectivity index (χ4n) is 2.48. The first-order chi connectivity index (χ1) is 10.8. The van der Waals surface area contributed by atoms with Gasteiger partial charge in [-0.1, -0.05) is 45.0 Å². The number of H-pyrrole nitrogens is 1. The fraction of sp³-hybridized carbons (Fsp3) is 0.278. The molecular formula is C18H17F3N2. The lowest BCUT2D eigenvalue weighted by Gasteiger charge is -2.23. The maximum absolute atomic E-state index is 13.8. The van der Waals surface area contributed by atoms with Crippen LogP contribution in [-0.2, 0) is 5.41 Å². The van der Waals surface area contributed by atoms with E-state index < -0.39 is 17.5 Å². The van der Waals surface area contributed by atoms with Gasteiger partial charge < -0.3 is 4.98 Å². The van der Waals surface area contributed by atoms with Crippen molar-refractivity contribution in [3.8, 4) is 11.4 Å². The summed E-state index contributed by atoms with van der Waals surface area (Å²) in [4.78, 5) is 6.89. The van der Waals surface area contributed by atoms with Crippen molar-refractivity contribution in [3.05, 3.63) is 53.3 Å². The summed E-state index contributed by atoms with van der Waals surface area (Å²) in [7, 11) is 0. The number of aromatic nitrogens is 2. The van der Waals surface area contributed by atoms with Gasteiger partial charge in [0.25, 0.3) is 0 Å². The minimum absolute atomic E-state index is 0.0603. The van der Waals surface area contributed by atoms with Gasteiger partial charge in [-0.2, -0.15) is 0 Å². The molecule has 0 unspecified atom stereocenters. The lowest BCUT2D eigenvalue weighted by atomic mass is 9.82. The summed E-state index contributed by atoms with van der Waals surface area (Å²) in [6, 6.07) is 8.63. The summed E-state index contributed by atoms with van der Waals surface area (Å²) in [6.45, 7) is 6.44. The average molecular weight is 318 g/mol. The highest BCUT2D eigenvalue weighted by Crippen LogP contribution is 2.29. The first kappa shape index (κ1) is 15.6. The van der Waals surface area contributed by atoms with E-state index in [0.29, 0.717) is 5.82 Å². The molecule has 3 aromatic rings. The second kappa shape index (κ2) is 5.41. The van der Waals surface area contributed by atoms with Crippen LogP contribution in [0.2, 0.25) is 0 Å². The van der Waals surface area contributed by atoms with Crippen LogP contribution in [-0.4, -0.2) is 9.97 Å². The Morgan fingerprint density at radius 2 is 1.70 bits per heavy atom. The van der Waals surface area contributed by atoms with Crippen LogP contribution in [0.1, 0.15) is 32.8 Å². The van der Waals surface area contributed by atoms with Gasteiger partial charge in [-0.25, -0.2) is 18.2 Å². The van der Waals surface area contributed by atoms with E-state index in [9.17, 15) is 13.2 Å². The SMILES string of the molecule is CCC(C)(C)c1ccc(-c2nc3c(F)c(F)c(F)cc3[nH]2)cc1. The zero-order valence-corrected chi connectivity index (χ0v) is 13.2. The fourth-order valence-corrected chi connectivity index (χ4v) is 2.48. The zero-order valence-electron chi connectivity index (χ0n) is 13.2. The van der Waals surface area contributed by atoms with E-state index in [1.165, 1.54) is 5.56 Å². The molecule has 0 aliphatic carbocycles. The van der Waals surface area contributed by atoms with Crippen LogP contribution in [0.15, 0.2) is 30.3 Å². The molecule has 120 valence electrons. The van der Waals surface area contributed by atoms with Crippen LogP contribution in [0.5, 0.6) is 0 Å². The number of benzene rings is 2. The molecule has 0 amide bonds. The molecule has 0 fully saturated rings. The highest BCUT2D eigenvalue weighted by atomic mass is 19.2. The molecular weight excluding hydrogens is 301 g/mol. The van der Waals surface area contributed by atoms with Crippen molar-refractivity contribution in [2.24, 2.45) is 0 Å². The molecule has 1 N–H and O–H groups in total. The predicted molar refractivity (Wildman–Crippen MR) is 84.7 cm³/mol. The monoisotopic (exact) mass is 318 g/mol. The summed E-state index contributed by atoms with van der Waals surface area (Å²) in [5.74, 6) is -3.63. The second-order valence-corrected chi connectivity index (χ2v) is 6.28. The molecule has 0 atom stereocenters. The first-order valence-electron chi connectivity index (χ1n) is 7.47. The van der Waals surface area contributed by atoms with Crippen LogP contribution in [0.25, 0.3) is 22.4 Å². The van der Waals surface area contributed by atoms with Crippen molar-refractivity contribution >= 4 is 11.0 Å². The van der Waals surface area contributed by atoms with Crippen molar-refractivity contribution in [2.45, 2.75) is 32.6 Å². The topological polar surface area (TPSA) is 28.7 Å². The van der Waals surface area contributed by atoms with Crippen molar-refractivity contribution in [1.29, 1.82) is 0 Å². The lowest BCUT2D eigenvalue weighted by molar-refractivity contribution is 0.452. The maximum Gasteiger partial charge on any atom is 0.196 e. The molecule has 0 spiro atoms. The Hall–Kier alpha value is -2.30. The van der Waals surface area contributed by atoms with Crippen molar-refractivity contribution < 1.29 is 13.2 Å². The molecule has 0 aliphatic rings. The molecule has 5 heteroatoms. The number of aromatic amines is 1. The molecule has 23 heavy (non-hydrogen) atoms. The van der Waals surface area contributed by atoms with Gasteiger partial charge in [-0.15, -0.1) is 0 Å². The third-order valence-corrected chi connectivity index (χ3v) is 4.44. The standard InChI is InChI=1S/C18H17F3N2/c1-4-18(2,3)11-7-5-10(6-8-11)17-22-13-9-12(19)14(20)15(21)16(13)23-17/h5-9H,4H2,1-3H3,(H,22,23). The zero-order chi connectivity index (χ0) is 16.8. The first-order valence-corrected chi connectivity index (χ1v) is 7.47. The van der Waals surface area contributed by atoms with Crippen molar-refractivity contribution in [3.63, 3.8) is 0 Å². The van der Waals surface area contributed by atoms with Crippen LogP contribution < -0.4 is 0 Å². The smallest absolute Gasteiger partial charge is 0.196 e. The van der Waals surface area contributed by atoms with E-state index in [4.69, 9.17) is 0 Å². The van der Waals surface area contributed by atoms with E-state index >= 15 is 0 Å². The van der Waals surface area contributed by atoms with Crippen LogP contribution >= 0.6 is 0 Å². The summed E-state index contributed by atoms with van der Waals surface area (Å²) in [5.41, 5.74) is 1.91. The summed E-state index contributed by atoms with van der Waals surface area (Å²) in [6.07, 6.45) is 1.00. The van der Waals surface area contributed by atoms with Crippen LogP contribution in [0.4, 0.5) is 13.2 Å². The second-order valence-electron chi connectivity index (χ2n) is 6.28. The number of nitrogens with zero attached hydrogens (tertiary/aromatic N) is 1. The minimum atomic E-state index is -1.50. The molecule has 0 saturated heterocycles. The number of hydrogen-bond donors (Lipinski definition) is 1. The van der Waals surface area contributed by atoms with Gasteiger partial charge in [-0.05, 0) is 17.4 Å². The normalized spacial score (nSPS) is 12.1. The predicted octanol–water partition coefficient (Wildman–Crippen LogP) is 5.33. The molecule has 1 heterocycles. The molecule has 0 radical (unpaired) electrons. The Bertz CT molecular complexity index is 864. The Balaban J connectivity index is 2.06. The quantitative estimate of drug-likeness (QED) is 0.649. The highest BCUT2D eigenvalue weighted by molar-refractivity contribution is 5.80. The Morgan fingerprint density at radius 3 is 2.30 bits per heavy atom. The Labute approximate surface area is 132 Å². The number of nitrogens with one attached hydrogen (secondary N) is 1. The lowest BCUT2D eigenvalue weighted by Crippen LogP contribution is -2.14. The van der Waals surface area contributed by atoms with Gasteiger partial charge in [0.15, 0.2) is 17.5 Å². The molecule has 2 nitrogen and oxygen atoms in total. The number of hydrogen-bond acceptors (Lipinski definition) is 1. The van der Waals surface area contributed by atoms with E-state index in [1.54, 1.807) is 0 Å². The third-order valence-electron chi connectivity index (χ3n) is 4.44. The van der Waals surface area contributed by atoms with Gasteiger partial charge >= 0.3 is 0 Å². The number of imidazole rings is 1. The molecule has 1 aromatic heterocycles. The van der Waals surface area contributed by atoms with Gasteiger partial charge in [0, 0.05) is 11.6 Å². The average Bonchev–Trinajstić information content (AvgIpc) is 2.97. The van der Waals surface area contributed by atoms with Gasteiger partial charge in [0.05, 0.1) is 5.52 Å². The minimum Gasteiger partial charge on any atom is -0.338 e. The van der Waals surface area contributed by atoms with Gasteiger partial charge in [0.2, 0.25) is 0 Å². The molecule has 2 aromatic carbocycles. The molecule has 0 aliphatic heterocycles. The molecule has 0 bridgehead atoms. The summed E-state index contributed by atoms with van der Waals surface area (Å²) < 4.78 is 40.3. The van der Waals surface area contributed by atoms with E-state index in [2.05, 4.69) is 30.7 Å². The van der Waals surface area contributed by atoms with Crippen molar-refractivity contribution in [1.82, 2.24) is 9.97 Å². The molecule has 3 rings (SSSR count). The van der Waals surface area contributed by atoms with Gasteiger partial charge in [0.1, 0.15) is 11.3 Å². The van der Waals surface area contributed by atoms with E-state index in [1.807, 2.05) is 24.3 Å². The van der Waals surface area contributed by atoms with Gasteiger partial charge in [-0.3, -0.25) is 0 Å². The number of halogens is 3. The Kier molecular flexibility index (Phi) is 3.66. The number of rotatable bonds is 3. The van der Waals surface area contributed by atoms with E-state index in [0.717, 1.165) is 18.1 Å². The van der Waals surface area contributed by atoms with Crippen LogP contribution in [0, 0.1) is 17.5 Å². The highest BCUT2D eigenvalue weighted by Gasteiger charge is 2.19. The maximum atomic E-state index is 13.8. The largest absolute Gasteiger partial charge is 0.338 e. The third kappa shape index (κ3) is 2.60. The van der Waals surface area contributed by atoms with Crippen molar-refractivity contribution in [2.75, 3.05) is 0 Å². The van der Waals surface area contributed by atoms with E-state index in [-0.39, 0.29) is 16.4 Å². The Morgan fingerprint density at radius 1 is 1.04 bits per heavy atom. The number of fused-ring (bicyclic) bond motifs is 1. The van der Waals surface area contributed by atoms with Crippen LogP contribution in [0.3, 0.4) is 0 Å². The molecule has 0 saturated carbocycles.